The van der Waals surface area contributed by atoms with Gasteiger partial charge in [0.15, 0.2) is 5.78 Å². The van der Waals surface area contributed by atoms with Crippen molar-refractivity contribution in [2.45, 2.75) is 26.7 Å². The molecule has 0 aliphatic heterocycles. The van der Waals surface area contributed by atoms with Gasteiger partial charge >= 0.3 is 0 Å². The largest absolute Gasteiger partial charge is 0.325 e. The molecule has 3 aromatic rings. The Bertz CT molecular complexity index is 1220. The van der Waals surface area contributed by atoms with E-state index in [0.717, 1.165) is 0 Å². The van der Waals surface area contributed by atoms with Crippen molar-refractivity contribution in [1.29, 1.82) is 0 Å². The number of carbonyl (C=O) groups is 3. The Morgan fingerprint density at radius 1 is 0.968 bits per heavy atom. The van der Waals surface area contributed by atoms with Crippen LogP contribution in [-0.4, -0.2) is 22.6 Å². The molecule has 31 heavy (non-hydrogen) atoms. The number of hydrogen-bond acceptors (Lipinski definition) is 5. The van der Waals surface area contributed by atoms with Gasteiger partial charge in [-0.25, -0.2) is 0 Å². The van der Waals surface area contributed by atoms with E-state index in [-0.39, 0.29) is 22.7 Å². The molecular formula is C23H21N3O4S. The van der Waals surface area contributed by atoms with Gasteiger partial charge in [0.25, 0.3) is 17.4 Å². The molecule has 7 nitrogen and oxygen atoms in total. The van der Waals surface area contributed by atoms with Crippen molar-refractivity contribution in [2.75, 3.05) is 10.6 Å². The number of aromatic nitrogens is 1. The van der Waals surface area contributed by atoms with Crippen molar-refractivity contribution in [1.82, 2.24) is 4.98 Å². The summed E-state index contributed by atoms with van der Waals surface area (Å²) in [5.74, 6) is -0.889. The van der Waals surface area contributed by atoms with E-state index in [9.17, 15) is 19.2 Å². The number of nitrogens with one attached hydrogen (secondary N) is 3. The minimum absolute atomic E-state index is 0.0811. The zero-order valence-corrected chi connectivity index (χ0v) is 17.9. The Labute approximate surface area is 182 Å². The SMILES string of the molecule is CC1(C)CC(=O)c2cc(C(=O)Nc3ccc(NC(=O)c4cccs4)cc3)c(=O)[nH]c2C1. The molecular weight excluding hydrogens is 414 g/mol. The van der Waals surface area contributed by atoms with Gasteiger partial charge in [-0.2, -0.15) is 0 Å². The molecule has 2 aromatic heterocycles. The number of carbonyl (C=O) groups excluding carboxylic acids is 3. The Balaban J connectivity index is 1.49. The van der Waals surface area contributed by atoms with E-state index >= 15 is 0 Å². The zero-order chi connectivity index (χ0) is 22.2. The second kappa shape index (κ2) is 7.96. The van der Waals surface area contributed by atoms with Crippen LogP contribution < -0.4 is 16.2 Å². The summed E-state index contributed by atoms with van der Waals surface area (Å²) in [6.07, 6.45) is 0.940. The third kappa shape index (κ3) is 4.49. The van der Waals surface area contributed by atoms with Crippen LogP contribution in [0.15, 0.2) is 52.6 Å². The number of aromatic amines is 1. The molecule has 0 saturated carbocycles. The lowest BCUT2D eigenvalue weighted by Crippen LogP contribution is -2.32. The fraction of sp³-hybridized carbons (Fsp3) is 0.217. The van der Waals surface area contributed by atoms with Crippen LogP contribution in [0, 0.1) is 5.41 Å². The van der Waals surface area contributed by atoms with Crippen molar-refractivity contribution in [3.8, 4) is 0 Å². The quantitative estimate of drug-likeness (QED) is 0.573. The van der Waals surface area contributed by atoms with E-state index in [1.807, 2.05) is 19.2 Å². The molecule has 0 bridgehead atoms. The maximum Gasteiger partial charge on any atom is 0.265 e. The summed E-state index contributed by atoms with van der Waals surface area (Å²) in [5, 5.41) is 7.27. The van der Waals surface area contributed by atoms with Crippen LogP contribution in [0.1, 0.15) is 56.3 Å². The summed E-state index contributed by atoms with van der Waals surface area (Å²) in [7, 11) is 0. The third-order valence-corrected chi connectivity index (χ3v) is 5.98. The van der Waals surface area contributed by atoms with Gasteiger partial charge in [0.2, 0.25) is 0 Å². The first-order valence-electron chi connectivity index (χ1n) is 9.77. The molecule has 2 heterocycles. The van der Waals surface area contributed by atoms with Crippen molar-refractivity contribution in [3.63, 3.8) is 0 Å². The summed E-state index contributed by atoms with van der Waals surface area (Å²) in [6, 6.07) is 11.5. The molecule has 0 atom stereocenters. The molecule has 158 valence electrons. The number of H-pyrrole nitrogens is 1. The Morgan fingerprint density at radius 2 is 1.61 bits per heavy atom. The number of thiophene rings is 1. The standard InChI is InChI=1S/C23H21N3O4S/c1-23(2)11-17-15(18(27)12-23)10-16(21(29)26-17)20(28)24-13-5-7-14(8-6-13)25-22(30)19-4-3-9-31-19/h3-10H,11-12H2,1-2H3,(H,24,28)(H,25,30)(H,26,29). The second-order valence-electron chi connectivity index (χ2n) is 8.31. The maximum atomic E-state index is 12.7. The van der Waals surface area contributed by atoms with Gasteiger partial charge in [-0.15, -0.1) is 11.3 Å². The van der Waals surface area contributed by atoms with Gasteiger partial charge in [0.1, 0.15) is 5.56 Å². The number of rotatable bonds is 4. The van der Waals surface area contributed by atoms with E-state index in [1.165, 1.54) is 17.4 Å². The molecule has 0 spiro atoms. The first-order chi connectivity index (χ1) is 14.7. The highest BCUT2D eigenvalue weighted by molar-refractivity contribution is 7.12. The van der Waals surface area contributed by atoms with Crippen LogP contribution in [-0.2, 0) is 6.42 Å². The van der Waals surface area contributed by atoms with Crippen LogP contribution in [0.2, 0.25) is 0 Å². The number of hydrogen-bond donors (Lipinski definition) is 3. The minimum Gasteiger partial charge on any atom is -0.325 e. The Hall–Kier alpha value is -3.52. The second-order valence-corrected chi connectivity index (χ2v) is 9.26. The number of Topliss-reactive ketones (excluding diaryl/α,β-unsaturated/α-hetero) is 1. The fourth-order valence-corrected chi connectivity index (χ4v) is 4.25. The number of anilines is 2. The zero-order valence-electron chi connectivity index (χ0n) is 17.1. The topological polar surface area (TPSA) is 108 Å². The van der Waals surface area contributed by atoms with Gasteiger partial charge < -0.3 is 15.6 Å². The average molecular weight is 436 g/mol. The van der Waals surface area contributed by atoms with Gasteiger partial charge in [-0.05, 0) is 53.6 Å². The lowest BCUT2D eigenvalue weighted by molar-refractivity contribution is 0.0909. The molecule has 0 unspecified atom stereocenters. The monoisotopic (exact) mass is 435 g/mol. The maximum absolute atomic E-state index is 12.7. The molecule has 4 rings (SSSR count). The van der Waals surface area contributed by atoms with Crippen molar-refractivity contribution < 1.29 is 14.4 Å². The molecule has 8 heteroatoms. The molecule has 3 N–H and O–H groups in total. The van der Waals surface area contributed by atoms with E-state index in [2.05, 4.69) is 15.6 Å². The lowest BCUT2D eigenvalue weighted by Gasteiger charge is -2.29. The summed E-state index contributed by atoms with van der Waals surface area (Å²) in [6.45, 7) is 3.94. The molecule has 0 fully saturated rings. The van der Waals surface area contributed by atoms with Crippen LogP contribution in [0.5, 0.6) is 0 Å². The van der Waals surface area contributed by atoms with Gasteiger partial charge in [0.05, 0.1) is 4.88 Å². The van der Waals surface area contributed by atoms with Crippen molar-refractivity contribution >= 4 is 40.3 Å². The van der Waals surface area contributed by atoms with Gasteiger partial charge in [-0.3, -0.25) is 19.2 Å². The Morgan fingerprint density at radius 3 is 2.23 bits per heavy atom. The number of amides is 2. The van der Waals surface area contributed by atoms with E-state index in [4.69, 9.17) is 0 Å². The highest BCUT2D eigenvalue weighted by atomic mass is 32.1. The molecule has 1 aliphatic carbocycles. The third-order valence-electron chi connectivity index (χ3n) is 5.11. The number of pyridine rings is 1. The summed E-state index contributed by atoms with van der Waals surface area (Å²) in [4.78, 5) is 53.0. The molecule has 0 saturated heterocycles. The Kier molecular flexibility index (Phi) is 5.32. The number of benzene rings is 1. The first-order valence-corrected chi connectivity index (χ1v) is 10.7. The normalized spacial score (nSPS) is 14.6. The smallest absolute Gasteiger partial charge is 0.265 e. The van der Waals surface area contributed by atoms with E-state index < -0.39 is 11.5 Å². The average Bonchev–Trinajstić information content (AvgIpc) is 3.23. The predicted octanol–water partition coefficient (Wildman–Crippen LogP) is 4.10. The minimum atomic E-state index is -0.600. The molecule has 2 amide bonds. The lowest BCUT2D eigenvalue weighted by atomic mass is 9.75. The highest BCUT2D eigenvalue weighted by Gasteiger charge is 2.32. The van der Waals surface area contributed by atoms with Crippen LogP contribution in [0.25, 0.3) is 0 Å². The summed E-state index contributed by atoms with van der Waals surface area (Å²) in [5.41, 5.74) is 1.16. The van der Waals surface area contributed by atoms with Crippen molar-refractivity contribution in [2.24, 2.45) is 5.41 Å². The van der Waals surface area contributed by atoms with Crippen molar-refractivity contribution in [3.05, 3.63) is 79.9 Å². The fourth-order valence-electron chi connectivity index (χ4n) is 3.63. The van der Waals surface area contributed by atoms with Crippen LogP contribution >= 0.6 is 11.3 Å². The van der Waals surface area contributed by atoms with Gasteiger partial charge in [-0.1, -0.05) is 19.9 Å². The summed E-state index contributed by atoms with van der Waals surface area (Å²) < 4.78 is 0. The van der Waals surface area contributed by atoms with E-state index in [1.54, 1.807) is 36.4 Å². The number of ketones is 1. The number of fused-ring (bicyclic) bond motifs is 1. The summed E-state index contributed by atoms with van der Waals surface area (Å²) >= 11 is 1.34. The molecule has 1 aromatic carbocycles. The molecule has 1 aliphatic rings. The van der Waals surface area contributed by atoms with E-state index in [0.29, 0.717) is 40.4 Å². The van der Waals surface area contributed by atoms with Gasteiger partial charge in [0, 0.05) is 29.1 Å². The van der Waals surface area contributed by atoms with Crippen LogP contribution in [0.4, 0.5) is 11.4 Å². The van der Waals surface area contributed by atoms with Crippen LogP contribution in [0.3, 0.4) is 0 Å². The highest BCUT2D eigenvalue weighted by Crippen LogP contribution is 2.33. The first kappa shape index (κ1) is 20.7. The molecule has 0 radical (unpaired) electrons. The predicted molar refractivity (Wildman–Crippen MR) is 120 cm³/mol.